The van der Waals surface area contributed by atoms with Crippen molar-refractivity contribution in [3.63, 3.8) is 0 Å². The van der Waals surface area contributed by atoms with Gasteiger partial charge in [-0.3, -0.25) is 8.80 Å². The van der Waals surface area contributed by atoms with Gasteiger partial charge in [-0.05, 0) is 76.9 Å². The molecule has 0 bridgehead atoms. The maximum atomic E-state index is 14.0. The molecule has 0 spiro atoms. The molecule has 6 aromatic rings. The van der Waals surface area contributed by atoms with Crippen LogP contribution in [0.4, 0.5) is 47.0 Å². The summed E-state index contributed by atoms with van der Waals surface area (Å²) in [4.78, 5) is 17.1. The molecule has 0 aliphatic rings. The quantitative estimate of drug-likeness (QED) is 0.114. The molecule has 0 saturated heterocycles. The molecule has 18 heteroatoms. The summed E-state index contributed by atoms with van der Waals surface area (Å²) in [6.45, 7) is 9.41. The first-order valence-corrected chi connectivity index (χ1v) is 16.3. The third-order valence-electron chi connectivity index (χ3n) is 8.26. The average molecular weight is 765 g/mol. The Labute approximate surface area is 303 Å². The number of nitrogens with zero attached hydrogens (tertiary/aromatic N) is 6. The van der Waals surface area contributed by atoms with Crippen LogP contribution >= 0.6 is 0 Å². The van der Waals surface area contributed by atoms with Gasteiger partial charge >= 0.3 is 12.4 Å². The number of benzene rings is 2. The molecule has 4 aromatic heterocycles. The topological polar surface area (TPSA) is 125 Å². The lowest BCUT2D eigenvalue weighted by Gasteiger charge is -2.31. The van der Waals surface area contributed by atoms with Crippen molar-refractivity contribution in [1.82, 2.24) is 28.7 Å². The fourth-order valence-corrected chi connectivity index (χ4v) is 5.76. The van der Waals surface area contributed by atoms with Crippen LogP contribution in [0.5, 0.6) is 0 Å². The van der Waals surface area contributed by atoms with Gasteiger partial charge in [-0.25, -0.2) is 28.7 Å². The van der Waals surface area contributed by atoms with Crippen LogP contribution in [0.25, 0.3) is 11.3 Å². The zero-order valence-electron chi connectivity index (χ0n) is 29.7. The number of rotatable bonds is 8. The van der Waals surface area contributed by atoms with Gasteiger partial charge in [-0.2, -0.15) is 26.3 Å². The number of aryl methyl sites for hydroxylation is 2. The van der Waals surface area contributed by atoms with E-state index in [0.29, 0.717) is 46.7 Å². The predicted octanol–water partition coefficient (Wildman–Crippen LogP) is 8.24. The fourth-order valence-electron chi connectivity index (χ4n) is 5.76. The summed E-state index contributed by atoms with van der Waals surface area (Å²) >= 11 is 0. The first-order chi connectivity index (χ1) is 24.9. The molecule has 0 unspecified atom stereocenters. The summed E-state index contributed by atoms with van der Waals surface area (Å²) in [6.07, 6.45) is -3.14. The van der Waals surface area contributed by atoms with E-state index < -0.39 is 58.4 Å². The third kappa shape index (κ3) is 8.87. The Kier molecular flexibility index (Phi) is 10.7. The third-order valence-corrected chi connectivity index (χ3v) is 8.26. The molecule has 10 nitrogen and oxygen atoms in total. The Morgan fingerprint density at radius 2 is 0.944 bits per heavy atom. The second kappa shape index (κ2) is 14.5. The number of imidazole rings is 2. The number of alkyl halides is 6. The molecular formula is C36H36F8N8O2. The van der Waals surface area contributed by atoms with Crippen LogP contribution in [0.15, 0.2) is 73.3 Å². The van der Waals surface area contributed by atoms with Crippen LogP contribution in [0.3, 0.4) is 0 Å². The van der Waals surface area contributed by atoms with E-state index in [2.05, 4.69) is 30.6 Å². The van der Waals surface area contributed by atoms with E-state index in [-0.39, 0.29) is 11.1 Å². The smallest absolute Gasteiger partial charge is 0.388 e. The molecule has 0 radical (unpaired) electrons. The number of fused-ring (bicyclic) bond motifs is 2. The molecule has 6 rings (SSSR count). The van der Waals surface area contributed by atoms with Crippen molar-refractivity contribution in [3.8, 4) is 0 Å². The molecule has 0 fully saturated rings. The Morgan fingerprint density at radius 1 is 0.593 bits per heavy atom. The number of hydrogen-bond acceptors (Lipinski definition) is 8. The maximum absolute atomic E-state index is 14.0. The van der Waals surface area contributed by atoms with Gasteiger partial charge in [0.05, 0.1) is 34.4 Å². The zero-order valence-corrected chi connectivity index (χ0v) is 29.7. The Morgan fingerprint density at radius 3 is 1.24 bits per heavy atom. The van der Waals surface area contributed by atoms with Crippen molar-refractivity contribution in [1.29, 1.82) is 0 Å². The fraction of sp³-hybridized carbons (Fsp3) is 0.333. The minimum atomic E-state index is -4.79. The Hall–Kier alpha value is -5.36. The predicted molar refractivity (Wildman–Crippen MR) is 184 cm³/mol. The van der Waals surface area contributed by atoms with Crippen LogP contribution in [0, 0.1) is 25.5 Å². The van der Waals surface area contributed by atoms with Gasteiger partial charge in [0.15, 0.2) is 0 Å². The Balaban J connectivity index is 0.000000208. The summed E-state index contributed by atoms with van der Waals surface area (Å²) in [5, 5.41) is 27.1. The van der Waals surface area contributed by atoms with Gasteiger partial charge in [-0.1, -0.05) is 12.1 Å². The van der Waals surface area contributed by atoms with Crippen molar-refractivity contribution in [2.45, 2.75) is 77.2 Å². The minimum Gasteiger partial charge on any atom is -0.388 e. The molecule has 4 heterocycles. The molecule has 2 aromatic carbocycles. The lowest BCUT2D eigenvalue weighted by molar-refractivity contribution is -0.140. The number of anilines is 2. The van der Waals surface area contributed by atoms with E-state index in [9.17, 15) is 45.3 Å². The van der Waals surface area contributed by atoms with Gasteiger partial charge in [0.25, 0.3) is 0 Å². The summed E-state index contributed by atoms with van der Waals surface area (Å²) in [6, 6.07) is 6.83. The largest absolute Gasteiger partial charge is 0.419 e. The van der Waals surface area contributed by atoms with Crippen molar-refractivity contribution < 1.29 is 45.3 Å². The number of nitrogens with one attached hydrogen (secondary N) is 2. The van der Waals surface area contributed by atoms with Crippen LogP contribution in [0.2, 0.25) is 0 Å². The Bertz CT molecular complexity index is 2110. The molecule has 2 atom stereocenters. The zero-order chi connectivity index (χ0) is 40.0. The summed E-state index contributed by atoms with van der Waals surface area (Å²) in [5.41, 5.74) is -2.72. The monoisotopic (exact) mass is 764 g/mol. The van der Waals surface area contributed by atoms with E-state index in [1.807, 2.05) is 0 Å². The van der Waals surface area contributed by atoms with Crippen molar-refractivity contribution in [3.05, 3.63) is 119 Å². The highest BCUT2D eigenvalue weighted by atomic mass is 19.4. The van der Waals surface area contributed by atoms with Crippen molar-refractivity contribution >= 4 is 23.2 Å². The number of aromatic nitrogens is 6. The molecular weight excluding hydrogens is 728 g/mol. The van der Waals surface area contributed by atoms with E-state index in [1.54, 1.807) is 59.6 Å². The maximum Gasteiger partial charge on any atom is 0.419 e. The molecule has 54 heavy (non-hydrogen) atoms. The van der Waals surface area contributed by atoms with Gasteiger partial charge in [0, 0.05) is 48.3 Å². The van der Waals surface area contributed by atoms with E-state index >= 15 is 0 Å². The highest BCUT2D eigenvalue weighted by Crippen LogP contribution is 2.37. The van der Waals surface area contributed by atoms with Gasteiger partial charge in [0.1, 0.15) is 22.9 Å². The number of aliphatic hydroxyl groups is 2. The summed E-state index contributed by atoms with van der Waals surface area (Å²) in [5.74, 6) is -2.15. The lowest BCUT2D eigenvalue weighted by Crippen LogP contribution is -2.35. The van der Waals surface area contributed by atoms with E-state index in [4.69, 9.17) is 0 Å². The lowest BCUT2D eigenvalue weighted by atomic mass is 9.91. The van der Waals surface area contributed by atoms with Crippen LogP contribution in [0.1, 0.15) is 73.4 Å². The molecule has 4 N–H and O–H groups in total. The SMILES string of the molecule is Cc1cc2nccn2c(N[C@@H](c2ccc(C(F)(F)F)c(F)c2)C(C)(C)O)n1.Cc1cc2nccn2c(N[C@H](c2ccc(C(F)(F)F)c(F)c2)C(C)(C)O)n1. The highest BCUT2D eigenvalue weighted by molar-refractivity contribution is 5.50. The van der Waals surface area contributed by atoms with Gasteiger partial charge in [0.2, 0.25) is 11.9 Å². The minimum absolute atomic E-state index is 0.157. The molecule has 0 aliphatic carbocycles. The van der Waals surface area contributed by atoms with Gasteiger partial charge < -0.3 is 20.8 Å². The van der Waals surface area contributed by atoms with Crippen molar-refractivity contribution in [2.75, 3.05) is 10.6 Å². The summed E-state index contributed by atoms with van der Waals surface area (Å²) in [7, 11) is 0. The van der Waals surface area contributed by atoms with Crippen LogP contribution in [-0.2, 0) is 12.4 Å². The molecule has 0 saturated carbocycles. The van der Waals surface area contributed by atoms with Crippen LogP contribution in [-0.4, -0.2) is 50.2 Å². The first-order valence-electron chi connectivity index (χ1n) is 16.3. The highest BCUT2D eigenvalue weighted by Gasteiger charge is 2.37. The van der Waals surface area contributed by atoms with Crippen LogP contribution < -0.4 is 10.6 Å². The van der Waals surface area contributed by atoms with E-state index in [0.717, 1.165) is 24.3 Å². The van der Waals surface area contributed by atoms with E-state index in [1.165, 1.54) is 27.7 Å². The average Bonchev–Trinajstić information content (AvgIpc) is 3.70. The second-order valence-electron chi connectivity index (χ2n) is 13.7. The molecule has 288 valence electrons. The number of hydrogen-bond donors (Lipinski definition) is 4. The first kappa shape index (κ1) is 39.8. The normalized spacial score (nSPS) is 13.8. The standard InChI is InChI=1S/2C18H18F4N4O/c2*1-10-8-14-23-6-7-26(14)16(24-10)25-15(17(2,3)27)11-4-5-12(13(19)9-11)18(20,21)22/h2*4-9,15,27H,1-3H3,(H,24,25)/t2*15-/m10/s1. The number of halogens is 8. The second-order valence-corrected chi connectivity index (χ2v) is 13.7. The van der Waals surface area contributed by atoms with Crippen molar-refractivity contribution in [2.24, 2.45) is 0 Å². The summed E-state index contributed by atoms with van der Waals surface area (Å²) < 4.78 is 108. The molecule has 0 amide bonds. The molecule has 0 aliphatic heterocycles. The van der Waals surface area contributed by atoms with Gasteiger partial charge in [-0.15, -0.1) is 0 Å².